The number of benzene rings is 3. The van der Waals surface area contributed by atoms with E-state index in [2.05, 4.69) is 10.6 Å². The summed E-state index contributed by atoms with van der Waals surface area (Å²) in [6, 6.07) is 19.1. The molecule has 2 amide bonds. The predicted molar refractivity (Wildman–Crippen MR) is 121 cm³/mol. The fourth-order valence-corrected chi connectivity index (χ4v) is 3.00. The highest BCUT2D eigenvalue weighted by Gasteiger charge is 2.13. The molecule has 0 bridgehead atoms. The van der Waals surface area contributed by atoms with Gasteiger partial charge in [-0.05, 0) is 61.0 Å². The molecule has 0 aliphatic carbocycles. The number of carbonyl (C=O) groups excluding carboxylic acids is 2. The van der Waals surface area contributed by atoms with Crippen molar-refractivity contribution >= 4 is 29.1 Å². The Morgan fingerprint density at radius 2 is 1.65 bits per heavy atom. The van der Waals surface area contributed by atoms with E-state index in [4.69, 9.17) is 21.1 Å². The van der Waals surface area contributed by atoms with Crippen molar-refractivity contribution < 1.29 is 19.1 Å². The minimum absolute atomic E-state index is 0.192. The second kappa shape index (κ2) is 10.5. The zero-order valence-electron chi connectivity index (χ0n) is 17.3. The molecule has 0 aliphatic rings. The van der Waals surface area contributed by atoms with E-state index in [1.807, 2.05) is 19.1 Å². The molecule has 0 aliphatic heterocycles. The highest BCUT2D eigenvalue weighted by molar-refractivity contribution is 6.30. The third-order valence-corrected chi connectivity index (χ3v) is 4.71. The van der Waals surface area contributed by atoms with Gasteiger partial charge in [0.25, 0.3) is 11.8 Å². The van der Waals surface area contributed by atoms with Crippen LogP contribution in [-0.4, -0.2) is 25.5 Å². The van der Waals surface area contributed by atoms with E-state index < -0.39 is 0 Å². The molecule has 3 aromatic carbocycles. The Hall–Kier alpha value is -3.51. The highest BCUT2D eigenvalue weighted by Crippen LogP contribution is 2.29. The van der Waals surface area contributed by atoms with Crippen LogP contribution < -0.4 is 20.1 Å². The Labute approximate surface area is 186 Å². The fourth-order valence-electron chi connectivity index (χ4n) is 2.87. The van der Waals surface area contributed by atoms with Crippen LogP contribution in [0.4, 0.5) is 5.69 Å². The normalized spacial score (nSPS) is 10.3. The number of ether oxygens (including phenoxy) is 2. The highest BCUT2D eigenvalue weighted by atomic mass is 35.5. The number of amides is 2. The molecule has 6 nitrogen and oxygen atoms in total. The molecule has 160 valence electrons. The minimum Gasteiger partial charge on any atom is -0.493 e. The van der Waals surface area contributed by atoms with Gasteiger partial charge in [0.15, 0.2) is 11.5 Å². The molecule has 0 fully saturated rings. The van der Waals surface area contributed by atoms with E-state index in [9.17, 15) is 9.59 Å². The van der Waals surface area contributed by atoms with Crippen molar-refractivity contribution in [1.29, 1.82) is 0 Å². The fraction of sp³-hybridized carbons (Fsp3) is 0.167. The maximum Gasteiger partial charge on any atom is 0.255 e. The van der Waals surface area contributed by atoms with Crippen LogP contribution in [-0.2, 0) is 6.61 Å². The summed E-state index contributed by atoms with van der Waals surface area (Å²) in [7, 11) is 1.52. The Balaban J connectivity index is 1.70. The Morgan fingerprint density at radius 1 is 0.903 bits per heavy atom. The first kappa shape index (κ1) is 22.2. The van der Waals surface area contributed by atoms with Crippen LogP contribution >= 0.6 is 11.6 Å². The van der Waals surface area contributed by atoms with Crippen molar-refractivity contribution in [2.75, 3.05) is 19.0 Å². The monoisotopic (exact) mass is 438 g/mol. The predicted octanol–water partition coefficient (Wildman–Crippen LogP) is 4.93. The first-order chi connectivity index (χ1) is 15.0. The van der Waals surface area contributed by atoms with Gasteiger partial charge in [-0.2, -0.15) is 0 Å². The van der Waals surface area contributed by atoms with Crippen LogP contribution in [0.5, 0.6) is 11.5 Å². The summed E-state index contributed by atoms with van der Waals surface area (Å²) >= 11 is 5.90. The molecule has 2 N–H and O–H groups in total. The third kappa shape index (κ3) is 5.99. The van der Waals surface area contributed by atoms with E-state index in [1.165, 1.54) is 7.11 Å². The molecule has 0 spiro atoms. The Kier molecular flexibility index (Phi) is 7.51. The molecule has 0 aromatic heterocycles. The molecule has 0 radical (unpaired) electrons. The third-order valence-electron chi connectivity index (χ3n) is 4.45. The van der Waals surface area contributed by atoms with Crippen LogP contribution in [0.1, 0.15) is 33.2 Å². The van der Waals surface area contributed by atoms with Crippen molar-refractivity contribution in [2.45, 2.75) is 13.5 Å². The molecule has 3 rings (SSSR count). The second-order valence-corrected chi connectivity index (χ2v) is 7.11. The molecular weight excluding hydrogens is 416 g/mol. The molecule has 0 saturated carbocycles. The average molecular weight is 439 g/mol. The number of rotatable bonds is 8. The van der Waals surface area contributed by atoms with Gasteiger partial charge in [-0.15, -0.1) is 0 Å². The van der Waals surface area contributed by atoms with E-state index in [0.29, 0.717) is 46.5 Å². The number of anilines is 1. The van der Waals surface area contributed by atoms with Crippen LogP contribution in [0.2, 0.25) is 5.02 Å². The average Bonchev–Trinajstić information content (AvgIpc) is 2.79. The SMILES string of the molecule is CCNC(=O)c1cccc(NC(=O)c2ccc(OCc3ccc(Cl)cc3)c(OC)c2)c1. The van der Waals surface area contributed by atoms with E-state index in [1.54, 1.807) is 54.6 Å². The van der Waals surface area contributed by atoms with Gasteiger partial charge in [-0.1, -0.05) is 29.8 Å². The summed E-state index contributed by atoms with van der Waals surface area (Å²) in [5, 5.41) is 6.20. The summed E-state index contributed by atoms with van der Waals surface area (Å²) in [5.74, 6) is 0.447. The van der Waals surface area contributed by atoms with Crippen molar-refractivity contribution in [1.82, 2.24) is 5.32 Å². The van der Waals surface area contributed by atoms with Crippen LogP contribution in [0.15, 0.2) is 66.7 Å². The van der Waals surface area contributed by atoms with Gasteiger partial charge in [0.2, 0.25) is 0 Å². The van der Waals surface area contributed by atoms with Gasteiger partial charge in [0, 0.05) is 28.4 Å². The van der Waals surface area contributed by atoms with E-state index in [-0.39, 0.29) is 11.8 Å². The number of halogens is 1. The lowest BCUT2D eigenvalue weighted by atomic mass is 10.1. The molecule has 0 heterocycles. The number of carbonyl (C=O) groups is 2. The zero-order valence-corrected chi connectivity index (χ0v) is 18.0. The summed E-state index contributed by atoms with van der Waals surface area (Å²) in [5.41, 5.74) is 2.36. The van der Waals surface area contributed by atoms with Crippen molar-refractivity contribution in [3.63, 3.8) is 0 Å². The Morgan fingerprint density at radius 3 is 2.35 bits per heavy atom. The van der Waals surface area contributed by atoms with Crippen LogP contribution in [0.3, 0.4) is 0 Å². The summed E-state index contributed by atoms with van der Waals surface area (Å²) in [4.78, 5) is 24.7. The van der Waals surface area contributed by atoms with Crippen molar-refractivity contribution in [3.8, 4) is 11.5 Å². The number of nitrogens with one attached hydrogen (secondary N) is 2. The van der Waals surface area contributed by atoms with Gasteiger partial charge < -0.3 is 20.1 Å². The lowest BCUT2D eigenvalue weighted by molar-refractivity contribution is 0.0954. The Bertz CT molecular complexity index is 1070. The largest absolute Gasteiger partial charge is 0.493 e. The zero-order chi connectivity index (χ0) is 22.2. The molecular formula is C24H23ClN2O4. The lowest BCUT2D eigenvalue weighted by Gasteiger charge is -2.13. The van der Waals surface area contributed by atoms with Gasteiger partial charge in [-0.25, -0.2) is 0 Å². The van der Waals surface area contributed by atoms with Gasteiger partial charge in [-0.3, -0.25) is 9.59 Å². The molecule has 0 saturated heterocycles. The molecule has 0 atom stereocenters. The van der Waals surface area contributed by atoms with Crippen molar-refractivity contribution in [3.05, 3.63) is 88.4 Å². The van der Waals surface area contributed by atoms with Gasteiger partial charge in [0.1, 0.15) is 6.61 Å². The molecule has 0 unspecified atom stereocenters. The maximum absolute atomic E-state index is 12.7. The van der Waals surface area contributed by atoms with Crippen LogP contribution in [0, 0.1) is 0 Å². The topological polar surface area (TPSA) is 76.7 Å². The van der Waals surface area contributed by atoms with Crippen molar-refractivity contribution in [2.24, 2.45) is 0 Å². The molecule has 3 aromatic rings. The maximum atomic E-state index is 12.7. The van der Waals surface area contributed by atoms with Gasteiger partial charge >= 0.3 is 0 Å². The summed E-state index contributed by atoms with van der Waals surface area (Å²) in [6.45, 7) is 2.72. The quantitative estimate of drug-likeness (QED) is 0.522. The summed E-state index contributed by atoms with van der Waals surface area (Å²) in [6.07, 6.45) is 0. The summed E-state index contributed by atoms with van der Waals surface area (Å²) < 4.78 is 11.2. The first-order valence-electron chi connectivity index (χ1n) is 9.75. The minimum atomic E-state index is -0.324. The van der Waals surface area contributed by atoms with Gasteiger partial charge in [0.05, 0.1) is 7.11 Å². The molecule has 31 heavy (non-hydrogen) atoms. The number of hydrogen-bond acceptors (Lipinski definition) is 4. The lowest BCUT2D eigenvalue weighted by Crippen LogP contribution is -2.22. The first-order valence-corrected chi connectivity index (χ1v) is 10.1. The standard InChI is InChI=1S/C24H23ClN2O4/c1-3-26-23(28)17-5-4-6-20(13-17)27-24(29)18-9-12-21(22(14-18)30-2)31-15-16-7-10-19(25)11-8-16/h4-14H,3,15H2,1-2H3,(H,26,28)(H,27,29). The second-order valence-electron chi connectivity index (χ2n) is 6.68. The number of methoxy groups -OCH3 is 1. The van der Waals surface area contributed by atoms with E-state index >= 15 is 0 Å². The smallest absolute Gasteiger partial charge is 0.255 e. The van der Waals surface area contributed by atoms with E-state index in [0.717, 1.165) is 5.56 Å². The number of hydrogen-bond donors (Lipinski definition) is 2. The molecule has 7 heteroatoms. The van der Waals surface area contributed by atoms with Crippen LogP contribution in [0.25, 0.3) is 0 Å².